The van der Waals surface area contributed by atoms with Gasteiger partial charge in [-0.05, 0) is 37.7 Å². The Bertz CT molecular complexity index is 492. The minimum atomic E-state index is 0.194. The van der Waals surface area contributed by atoms with Crippen molar-refractivity contribution in [2.45, 2.75) is 38.1 Å². The molecular weight excluding hydrogens is 270 g/mol. The largest absolute Gasteiger partial charge is 0.481 e. The summed E-state index contributed by atoms with van der Waals surface area (Å²) in [6.45, 7) is 2.35. The molecular formula is C15H21N3OS. The number of nitrogens with one attached hydrogen (secondary N) is 1. The molecule has 1 aliphatic carbocycles. The molecule has 5 heteroatoms. The van der Waals surface area contributed by atoms with Crippen LogP contribution in [-0.4, -0.2) is 28.6 Å². The van der Waals surface area contributed by atoms with Crippen molar-refractivity contribution in [1.29, 1.82) is 0 Å². The molecule has 0 radical (unpaired) electrons. The highest BCUT2D eigenvalue weighted by Gasteiger charge is 2.38. The molecule has 0 amide bonds. The zero-order valence-electron chi connectivity index (χ0n) is 12.1. The Hall–Kier alpha value is -1.23. The van der Waals surface area contributed by atoms with Gasteiger partial charge in [0.2, 0.25) is 5.88 Å². The van der Waals surface area contributed by atoms with Gasteiger partial charge >= 0.3 is 0 Å². The third kappa shape index (κ3) is 2.92. The lowest BCUT2D eigenvalue weighted by Crippen LogP contribution is -2.32. The average molecular weight is 291 g/mol. The Labute approximate surface area is 124 Å². The number of hydrogen-bond acceptors (Lipinski definition) is 5. The van der Waals surface area contributed by atoms with Gasteiger partial charge in [-0.2, -0.15) is 0 Å². The Morgan fingerprint density at radius 3 is 2.80 bits per heavy atom. The lowest BCUT2D eigenvalue weighted by atomic mass is 9.79. The molecule has 1 aliphatic heterocycles. The number of thioether (sulfide) groups is 1. The topological polar surface area (TPSA) is 46.5 Å². The van der Waals surface area contributed by atoms with E-state index in [9.17, 15) is 0 Å². The quantitative estimate of drug-likeness (QED) is 0.905. The fourth-order valence-electron chi connectivity index (χ4n) is 2.80. The molecule has 3 rings (SSSR count). The van der Waals surface area contributed by atoms with E-state index in [4.69, 9.17) is 9.73 Å². The van der Waals surface area contributed by atoms with Gasteiger partial charge in [0.25, 0.3) is 0 Å². The van der Waals surface area contributed by atoms with Crippen molar-refractivity contribution >= 4 is 22.6 Å². The van der Waals surface area contributed by atoms with Crippen LogP contribution < -0.4 is 10.1 Å². The first kappa shape index (κ1) is 13.7. The van der Waals surface area contributed by atoms with Crippen LogP contribution in [0.3, 0.4) is 0 Å². The number of pyridine rings is 1. The first-order valence-corrected chi connectivity index (χ1v) is 8.17. The second kappa shape index (κ2) is 5.64. The van der Waals surface area contributed by atoms with E-state index in [1.165, 1.54) is 25.7 Å². The molecule has 2 aliphatic rings. The van der Waals surface area contributed by atoms with Crippen molar-refractivity contribution in [3.8, 4) is 5.88 Å². The van der Waals surface area contributed by atoms with E-state index < -0.39 is 0 Å². The lowest BCUT2D eigenvalue weighted by molar-refractivity contribution is 0.273. The average Bonchev–Trinajstić information content (AvgIpc) is 2.86. The summed E-state index contributed by atoms with van der Waals surface area (Å²) < 4.78 is 5.06. The number of nitrogens with zero attached hydrogens (tertiary/aromatic N) is 2. The predicted octanol–water partition coefficient (Wildman–Crippen LogP) is 3.55. The summed E-state index contributed by atoms with van der Waals surface area (Å²) >= 11 is 1.83. The summed E-state index contributed by atoms with van der Waals surface area (Å²) in [6.07, 6.45) is 6.86. The molecule has 1 aromatic heterocycles. The summed E-state index contributed by atoms with van der Waals surface area (Å²) in [7, 11) is 1.63. The molecule has 2 heterocycles. The van der Waals surface area contributed by atoms with Crippen LogP contribution >= 0.6 is 11.8 Å². The van der Waals surface area contributed by atoms with Gasteiger partial charge in [-0.15, -0.1) is 0 Å². The molecule has 1 spiro atoms. The van der Waals surface area contributed by atoms with Crippen molar-refractivity contribution in [1.82, 2.24) is 4.98 Å². The number of anilines is 1. The van der Waals surface area contributed by atoms with Gasteiger partial charge in [0, 0.05) is 11.8 Å². The number of aromatic nitrogens is 1. The van der Waals surface area contributed by atoms with Crippen molar-refractivity contribution < 1.29 is 4.74 Å². The third-order valence-corrected chi connectivity index (χ3v) is 5.37. The van der Waals surface area contributed by atoms with Crippen LogP contribution in [0.5, 0.6) is 5.88 Å². The van der Waals surface area contributed by atoms with Crippen LogP contribution in [0.25, 0.3) is 0 Å². The zero-order valence-corrected chi connectivity index (χ0v) is 12.9. The van der Waals surface area contributed by atoms with E-state index in [-0.39, 0.29) is 5.54 Å². The number of hydrogen-bond donors (Lipinski definition) is 1. The fraction of sp³-hybridized carbons (Fsp3) is 0.600. The van der Waals surface area contributed by atoms with Crippen LogP contribution in [0.4, 0.5) is 5.69 Å². The van der Waals surface area contributed by atoms with Crippen LogP contribution in [-0.2, 0) is 0 Å². The maximum atomic E-state index is 5.06. The van der Waals surface area contributed by atoms with Crippen molar-refractivity contribution in [3.63, 3.8) is 0 Å². The minimum Gasteiger partial charge on any atom is -0.481 e. The van der Waals surface area contributed by atoms with E-state index in [2.05, 4.69) is 17.2 Å². The molecule has 0 unspecified atom stereocenters. The summed E-state index contributed by atoms with van der Waals surface area (Å²) in [5.74, 6) is 2.61. The normalized spacial score (nSPS) is 29.3. The first-order valence-electron chi connectivity index (χ1n) is 7.19. The number of ether oxygens (including phenoxy) is 1. The number of amidine groups is 1. The van der Waals surface area contributed by atoms with Gasteiger partial charge < -0.3 is 10.1 Å². The molecule has 4 nitrogen and oxygen atoms in total. The lowest BCUT2D eigenvalue weighted by Gasteiger charge is -2.32. The van der Waals surface area contributed by atoms with Gasteiger partial charge in [0.05, 0.1) is 24.5 Å². The SMILES string of the molecule is COc1ccc(NC2=NC3(CCC(C)CC3)CS2)cn1. The van der Waals surface area contributed by atoms with Crippen LogP contribution in [0, 0.1) is 5.92 Å². The molecule has 1 aromatic rings. The van der Waals surface area contributed by atoms with Crippen LogP contribution in [0.15, 0.2) is 23.3 Å². The van der Waals surface area contributed by atoms with Crippen LogP contribution in [0.2, 0.25) is 0 Å². The summed E-state index contributed by atoms with van der Waals surface area (Å²) in [6, 6.07) is 3.84. The monoisotopic (exact) mass is 291 g/mol. The molecule has 0 atom stereocenters. The second-order valence-corrected chi connectivity index (χ2v) is 6.79. The van der Waals surface area contributed by atoms with Gasteiger partial charge in [-0.3, -0.25) is 4.99 Å². The highest BCUT2D eigenvalue weighted by atomic mass is 32.2. The van der Waals surface area contributed by atoms with Gasteiger partial charge in [-0.1, -0.05) is 18.7 Å². The Morgan fingerprint density at radius 1 is 1.35 bits per heavy atom. The molecule has 0 bridgehead atoms. The van der Waals surface area contributed by atoms with E-state index in [0.717, 1.165) is 22.5 Å². The molecule has 20 heavy (non-hydrogen) atoms. The molecule has 0 saturated heterocycles. The van der Waals surface area contributed by atoms with Crippen molar-refractivity contribution in [2.24, 2.45) is 10.9 Å². The van der Waals surface area contributed by atoms with Gasteiger partial charge in [0.15, 0.2) is 5.17 Å². The van der Waals surface area contributed by atoms with Crippen molar-refractivity contribution in [2.75, 3.05) is 18.2 Å². The third-order valence-electron chi connectivity index (χ3n) is 4.22. The van der Waals surface area contributed by atoms with Crippen LogP contribution in [0.1, 0.15) is 32.6 Å². The highest BCUT2D eigenvalue weighted by Crippen LogP contribution is 2.41. The Balaban J connectivity index is 1.66. The maximum Gasteiger partial charge on any atom is 0.213 e. The zero-order chi connectivity index (χ0) is 14.0. The fourth-order valence-corrected chi connectivity index (χ4v) is 4.01. The van der Waals surface area contributed by atoms with Gasteiger partial charge in [-0.25, -0.2) is 4.98 Å². The highest BCUT2D eigenvalue weighted by molar-refractivity contribution is 8.14. The number of methoxy groups -OCH3 is 1. The second-order valence-electron chi connectivity index (χ2n) is 5.83. The molecule has 0 aromatic carbocycles. The number of aliphatic imine (C=N–C) groups is 1. The number of rotatable bonds is 2. The summed E-state index contributed by atoms with van der Waals surface area (Å²) in [4.78, 5) is 9.17. The first-order chi connectivity index (χ1) is 9.69. The summed E-state index contributed by atoms with van der Waals surface area (Å²) in [5.41, 5.74) is 1.16. The molecule has 108 valence electrons. The molecule has 1 fully saturated rings. The standard InChI is InChI=1S/C15H21N3OS/c1-11-5-7-15(8-6-11)10-20-14(18-15)17-12-3-4-13(19-2)16-9-12/h3-4,9,11H,5-8,10H2,1-2H3,(H,17,18). The molecule has 1 saturated carbocycles. The van der Waals surface area contributed by atoms with E-state index in [1.54, 1.807) is 13.3 Å². The Morgan fingerprint density at radius 2 is 2.15 bits per heavy atom. The van der Waals surface area contributed by atoms with Crippen molar-refractivity contribution in [3.05, 3.63) is 18.3 Å². The maximum absolute atomic E-state index is 5.06. The minimum absolute atomic E-state index is 0.194. The van der Waals surface area contributed by atoms with Gasteiger partial charge in [0.1, 0.15) is 0 Å². The smallest absolute Gasteiger partial charge is 0.213 e. The van der Waals surface area contributed by atoms with E-state index >= 15 is 0 Å². The summed E-state index contributed by atoms with van der Waals surface area (Å²) in [5, 5.41) is 4.40. The Kier molecular flexibility index (Phi) is 3.87. The molecule has 1 N–H and O–H groups in total. The van der Waals surface area contributed by atoms with E-state index in [1.807, 2.05) is 23.9 Å². The van der Waals surface area contributed by atoms with E-state index in [0.29, 0.717) is 5.88 Å². The predicted molar refractivity (Wildman–Crippen MR) is 84.7 cm³/mol.